The number of nitrogens with one attached hydrogen (secondary N) is 1. The van der Waals surface area contributed by atoms with E-state index in [1.807, 2.05) is 71.0 Å². The predicted molar refractivity (Wildman–Crippen MR) is 145 cm³/mol. The fourth-order valence-corrected chi connectivity index (χ4v) is 5.10. The van der Waals surface area contributed by atoms with Gasteiger partial charge in [0.1, 0.15) is 12.6 Å². The zero-order chi connectivity index (χ0) is 27.0. The molecule has 0 radical (unpaired) electrons. The molecule has 0 bridgehead atoms. The van der Waals surface area contributed by atoms with Gasteiger partial charge in [-0.25, -0.2) is 4.31 Å². The third-order valence-corrected chi connectivity index (χ3v) is 7.83. The number of anilines is 1. The summed E-state index contributed by atoms with van der Waals surface area (Å²) in [6.07, 6.45) is 1.17. The Morgan fingerprint density at radius 1 is 0.972 bits per heavy atom. The van der Waals surface area contributed by atoms with Gasteiger partial charge in [0.25, 0.3) is 0 Å². The molecule has 198 valence electrons. The van der Waals surface area contributed by atoms with E-state index in [0.29, 0.717) is 18.7 Å². The molecule has 8 nitrogen and oxygen atoms in total. The number of benzene rings is 2. The molecule has 0 heterocycles. The van der Waals surface area contributed by atoms with Crippen LogP contribution in [0.4, 0.5) is 5.69 Å². The Balaban J connectivity index is 2.54. The van der Waals surface area contributed by atoms with Gasteiger partial charge in [0.15, 0.2) is 0 Å². The van der Waals surface area contributed by atoms with Crippen LogP contribution < -0.4 is 9.62 Å². The third kappa shape index (κ3) is 7.30. The van der Waals surface area contributed by atoms with Crippen LogP contribution in [0.3, 0.4) is 0 Å². The van der Waals surface area contributed by atoms with E-state index in [2.05, 4.69) is 5.32 Å². The summed E-state index contributed by atoms with van der Waals surface area (Å²) < 4.78 is 29.0. The third-order valence-electron chi connectivity index (χ3n) is 6.02. The quantitative estimate of drug-likeness (QED) is 0.467. The minimum absolute atomic E-state index is 0.196. The van der Waals surface area contributed by atoms with Crippen molar-refractivity contribution in [1.82, 2.24) is 14.5 Å². The Morgan fingerprint density at radius 2 is 1.64 bits per heavy atom. The Bertz CT molecular complexity index is 1160. The van der Waals surface area contributed by atoms with E-state index in [1.165, 1.54) is 19.0 Å². The molecular formula is C27H40N4O4S. The van der Waals surface area contributed by atoms with Gasteiger partial charge in [-0.1, -0.05) is 55.8 Å². The van der Waals surface area contributed by atoms with Gasteiger partial charge in [-0.15, -0.1) is 0 Å². The largest absolute Gasteiger partial charge is 0.354 e. The number of aryl methyl sites for hydroxylation is 3. The van der Waals surface area contributed by atoms with Crippen LogP contribution in [0.15, 0.2) is 42.5 Å². The van der Waals surface area contributed by atoms with Crippen LogP contribution in [-0.4, -0.2) is 62.7 Å². The maximum absolute atomic E-state index is 13.9. The van der Waals surface area contributed by atoms with E-state index in [1.54, 1.807) is 6.07 Å². The van der Waals surface area contributed by atoms with Gasteiger partial charge in [-0.05, 0) is 56.4 Å². The molecule has 1 N–H and O–H groups in total. The maximum atomic E-state index is 13.9. The number of hydrogen-bond acceptors (Lipinski definition) is 4. The zero-order valence-corrected chi connectivity index (χ0v) is 23.4. The maximum Gasteiger partial charge on any atom is 0.304 e. The standard InChI is InChI=1S/C27H40N4O4S/c1-8-15-28-27(33)24(9-2)30(18-23-12-10-11-20(3)16-23)26(32)19-31(36(34,35)29(6)7)25-17-21(4)13-14-22(25)5/h10-14,16-17,24H,8-9,15,18-19H2,1-7H3,(H,28,33)/t24-/m1/s1. The van der Waals surface area contributed by atoms with Crippen LogP contribution in [0, 0.1) is 20.8 Å². The molecule has 0 aliphatic rings. The van der Waals surface area contributed by atoms with Crippen LogP contribution in [0.25, 0.3) is 0 Å². The summed E-state index contributed by atoms with van der Waals surface area (Å²) in [5, 5.41) is 2.89. The van der Waals surface area contributed by atoms with Gasteiger partial charge >= 0.3 is 10.2 Å². The van der Waals surface area contributed by atoms with E-state index in [-0.39, 0.29) is 12.5 Å². The molecule has 2 rings (SSSR count). The average Bonchev–Trinajstić information content (AvgIpc) is 2.82. The first-order chi connectivity index (χ1) is 16.9. The SMILES string of the molecule is CCCNC(=O)[C@@H](CC)N(Cc1cccc(C)c1)C(=O)CN(c1cc(C)ccc1C)S(=O)(=O)N(C)C. The molecule has 9 heteroatoms. The highest BCUT2D eigenvalue weighted by molar-refractivity contribution is 7.90. The van der Waals surface area contributed by atoms with Crippen molar-refractivity contribution >= 4 is 27.7 Å². The summed E-state index contributed by atoms with van der Waals surface area (Å²) in [6.45, 7) is 9.75. The smallest absolute Gasteiger partial charge is 0.304 e. The van der Waals surface area contributed by atoms with Crippen LogP contribution in [0.2, 0.25) is 0 Å². The van der Waals surface area contributed by atoms with Gasteiger partial charge < -0.3 is 10.2 Å². The summed E-state index contributed by atoms with van der Waals surface area (Å²) in [5.41, 5.74) is 3.96. The number of carbonyl (C=O) groups excluding carboxylic acids is 2. The number of hydrogen-bond donors (Lipinski definition) is 1. The van der Waals surface area contributed by atoms with Crippen molar-refractivity contribution in [1.29, 1.82) is 0 Å². The highest BCUT2D eigenvalue weighted by Crippen LogP contribution is 2.26. The van der Waals surface area contributed by atoms with Crippen LogP contribution in [0.5, 0.6) is 0 Å². The minimum Gasteiger partial charge on any atom is -0.354 e. The molecule has 2 amide bonds. The second-order valence-corrected chi connectivity index (χ2v) is 11.4. The summed E-state index contributed by atoms with van der Waals surface area (Å²) in [4.78, 5) is 28.4. The molecule has 0 saturated heterocycles. The van der Waals surface area contributed by atoms with Crippen molar-refractivity contribution in [3.63, 3.8) is 0 Å². The summed E-state index contributed by atoms with van der Waals surface area (Å²) in [7, 11) is -1.11. The lowest BCUT2D eigenvalue weighted by Gasteiger charge is -2.34. The highest BCUT2D eigenvalue weighted by atomic mass is 32.2. The molecule has 0 aromatic heterocycles. The van der Waals surface area contributed by atoms with E-state index >= 15 is 0 Å². The number of nitrogens with zero attached hydrogens (tertiary/aromatic N) is 3. The Hall–Kier alpha value is -2.91. The fourth-order valence-electron chi connectivity index (χ4n) is 3.98. The van der Waals surface area contributed by atoms with Gasteiger partial charge in [-0.2, -0.15) is 12.7 Å². The van der Waals surface area contributed by atoms with Crippen molar-refractivity contribution in [3.8, 4) is 0 Å². The topological polar surface area (TPSA) is 90.0 Å². The first-order valence-electron chi connectivity index (χ1n) is 12.3. The van der Waals surface area contributed by atoms with E-state index in [0.717, 1.165) is 37.3 Å². The second kappa shape index (κ2) is 12.9. The molecule has 0 fully saturated rings. The summed E-state index contributed by atoms with van der Waals surface area (Å²) in [5.74, 6) is -0.685. The lowest BCUT2D eigenvalue weighted by molar-refractivity contribution is -0.140. The van der Waals surface area contributed by atoms with E-state index < -0.39 is 28.7 Å². The van der Waals surface area contributed by atoms with Crippen LogP contribution in [0.1, 0.15) is 48.9 Å². The van der Waals surface area contributed by atoms with Crippen LogP contribution in [-0.2, 0) is 26.3 Å². The first kappa shape index (κ1) is 29.3. The molecule has 2 aromatic rings. The summed E-state index contributed by atoms with van der Waals surface area (Å²) >= 11 is 0. The highest BCUT2D eigenvalue weighted by Gasteiger charge is 2.34. The van der Waals surface area contributed by atoms with Crippen molar-refractivity contribution in [2.24, 2.45) is 0 Å². The van der Waals surface area contributed by atoms with E-state index in [9.17, 15) is 18.0 Å². The van der Waals surface area contributed by atoms with Gasteiger partial charge in [0.05, 0.1) is 5.69 Å². The molecule has 0 unspecified atom stereocenters. The van der Waals surface area contributed by atoms with Gasteiger partial charge in [-0.3, -0.25) is 9.59 Å². The fraction of sp³-hybridized carbons (Fsp3) is 0.481. The van der Waals surface area contributed by atoms with Crippen LogP contribution >= 0.6 is 0 Å². The van der Waals surface area contributed by atoms with Crippen molar-refractivity contribution in [2.45, 2.75) is 60.0 Å². The second-order valence-electron chi connectivity index (χ2n) is 9.31. The minimum atomic E-state index is -3.99. The van der Waals surface area contributed by atoms with Gasteiger partial charge in [0, 0.05) is 27.2 Å². The Labute approximate surface area is 216 Å². The first-order valence-corrected chi connectivity index (χ1v) is 13.7. The van der Waals surface area contributed by atoms with E-state index in [4.69, 9.17) is 0 Å². The Morgan fingerprint density at radius 3 is 2.22 bits per heavy atom. The van der Waals surface area contributed by atoms with Gasteiger partial charge in [0.2, 0.25) is 11.8 Å². The summed E-state index contributed by atoms with van der Waals surface area (Å²) in [6, 6.07) is 12.5. The van der Waals surface area contributed by atoms with Crippen molar-refractivity contribution < 1.29 is 18.0 Å². The zero-order valence-electron chi connectivity index (χ0n) is 22.5. The lowest BCUT2D eigenvalue weighted by atomic mass is 10.1. The molecule has 0 aliphatic heterocycles. The van der Waals surface area contributed by atoms with Crippen molar-refractivity contribution in [3.05, 3.63) is 64.7 Å². The normalized spacial score (nSPS) is 12.3. The molecule has 2 aromatic carbocycles. The van der Waals surface area contributed by atoms with Crippen molar-refractivity contribution in [2.75, 3.05) is 31.5 Å². The predicted octanol–water partition coefficient (Wildman–Crippen LogP) is 3.56. The molecule has 1 atom stereocenters. The molecule has 0 aliphatic carbocycles. The molecule has 36 heavy (non-hydrogen) atoms. The number of amides is 2. The average molecular weight is 517 g/mol. The monoisotopic (exact) mass is 516 g/mol. The number of carbonyl (C=O) groups is 2. The molecule has 0 saturated carbocycles. The lowest BCUT2D eigenvalue weighted by Crippen LogP contribution is -2.53. The Kier molecular flexibility index (Phi) is 10.5. The molecular weight excluding hydrogens is 476 g/mol. The molecule has 0 spiro atoms. The number of rotatable bonds is 12.